The van der Waals surface area contributed by atoms with Gasteiger partial charge >= 0.3 is 0 Å². The lowest BCUT2D eigenvalue weighted by molar-refractivity contribution is -0.113. The van der Waals surface area contributed by atoms with E-state index in [1.54, 1.807) is 30.3 Å². The van der Waals surface area contributed by atoms with Crippen LogP contribution < -0.4 is 9.64 Å². The molecule has 2 aromatic carbocycles. The van der Waals surface area contributed by atoms with E-state index in [9.17, 15) is 9.59 Å². The van der Waals surface area contributed by atoms with Gasteiger partial charge < -0.3 is 4.74 Å². The zero-order valence-electron chi connectivity index (χ0n) is 12.2. The van der Waals surface area contributed by atoms with Crippen LogP contribution in [0.15, 0.2) is 57.9 Å². The van der Waals surface area contributed by atoms with E-state index in [-0.39, 0.29) is 11.1 Å². The number of thioether (sulfide) groups is 1. The predicted molar refractivity (Wildman–Crippen MR) is 95.6 cm³/mol. The van der Waals surface area contributed by atoms with Crippen LogP contribution in [0.1, 0.15) is 5.56 Å². The maximum atomic E-state index is 12.6. The molecule has 116 valence electrons. The molecule has 4 nitrogen and oxygen atoms in total. The zero-order valence-corrected chi connectivity index (χ0v) is 14.6. The van der Waals surface area contributed by atoms with Gasteiger partial charge in [-0.3, -0.25) is 9.59 Å². The third-order valence-electron chi connectivity index (χ3n) is 3.27. The molecule has 23 heavy (non-hydrogen) atoms. The number of carbonyl (C=O) groups is 2. The first-order valence-electron chi connectivity index (χ1n) is 6.76. The first-order chi connectivity index (χ1) is 11.1. The van der Waals surface area contributed by atoms with Crippen molar-refractivity contribution in [3.63, 3.8) is 0 Å². The third kappa shape index (κ3) is 3.18. The summed E-state index contributed by atoms with van der Waals surface area (Å²) in [5.41, 5.74) is 1.31. The van der Waals surface area contributed by atoms with E-state index >= 15 is 0 Å². The molecule has 1 heterocycles. The molecule has 1 saturated heterocycles. The lowest BCUT2D eigenvalue weighted by Crippen LogP contribution is -2.28. The molecule has 2 amide bonds. The number of carbonyl (C=O) groups excluding carboxylic acids is 2. The summed E-state index contributed by atoms with van der Waals surface area (Å²) >= 11 is 4.32. The molecule has 1 aliphatic heterocycles. The van der Waals surface area contributed by atoms with Gasteiger partial charge in [0.1, 0.15) is 5.75 Å². The van der Waals surface area contributed by atoms with Crippen molar-refractivity contribution in [3.8, 4) is 5.75 Å². The largest absolute Gasteiger partial charge is 0.495 e. The molecule has 1 aliphatic rings. The van der Waals surface area contributed by atoms with Gasteiger partial charge in [0, 0.05) is 4.47 Å². The first kappa shape index (κ1) is 15.8. The number of hydrogen-bond donors (Lipinski definition) is 0. The number of methoxy groups -OCH3 is 1. The summed E-state index contributed by atoms with van der Waals surface area (Å²) < 4.78 is 6.15. The van der Waals surface area contributed by atoms with Crippen LogP contribution in [-0.2, 0) is 4.79 Å². The van der Waals surface area contributed by atoms with Crippen molar-refractivity contribution >= 4 is 50.6 Å². The van der Waals surface area contributed by atoms with E-state index < -0.39 is 0 Å². The summed E-state index contributed by atoms with van der Waals surface area (Å²) in [5.74, 6) is 0.142. The van der Waals surface area contributed by atoms with Crippen LogP contribution in [0.4, 0.5) is 10.5 Å². The Hall–Kier alpha value is -2.05. The smallest absolute Gasteiger partial charge is 0.298 e. The van der Waals surface area contributed by atoms with Gasteiger partial charge in [-0.05, 0) is 47.7 Å². The van der Waals surface area contributed by atoms with E-state index in [1.165, 1.54) is 7.11 Å². The van der Waals surface area contributed by atoms with Crippen molar-refractivity contribution < 1.29 is 14.3 Å². The second-order valence-electron chi connectivity index (χ2n) is 4.74. The lowest BCUT2D eigenvalue weighted by atomic mass is 10.2. The molecular formula is C17H12BrNO3S. The second kappa shape index (κ2) is 6.60. The fourth-order valence-electron chi connectivity index (χ4n) is 2.24. The fraction of sp³-hybridized carbons (Fsp3) is 0.0588. The Kier molecular flexibility index (Phi) is 4.54. The van der Waals surface area contributed by atoms with E-state index in [2.05, 4.69) is 15.9 Å². The number of nitrogens with zero attached hydrogens (tertiary/aromatic N) is 1. The molecule has 3 rings (SSSR count). The van der Waals surface area contributed by atoms with Gasteiger partial charge in [0.25, 0.3) is 11.1 Å². The maximum absolute atomic E-state index is 12.6. The topological polar surface area (TPSA) is 46.6 Å². The SMILES string of the molecule is COc1ccccc1N1C(=O)SC(=Cc2cccc(Br)c2)C1=O. The van der Waals surface area contributed by atoms with Crippen molar-refractivity contribution in [1.82, 2.24) is 0 Å². The molecule has 0 aliphatic carbocycles. The third-order valence-corrected chi connectivity index (χ3v) is 4.63. The van der Waals surface area contributed by atoms with Gasteiger partial charge in [0.2, 0.25) is 0 Å². The van der Waals surface area contributed by atoms with Gasteiger partial charge in [0.05, 0.1) is 17.7 Å². The standard InChI is InChI=1S/C17H12BrNO3S/c1-22-14-8-3-2-7-13(14)19-16(20)15(23-17(19)21)10-11-5-4-6-12(18)9-11/h2-10H,1H3. The molecular weight excluding hydrogens is 378 g/mol. The number of halogens is 1. The van der Waals surface area contributed by atoms with Gasteiger partial charge in [-0.1, -0.05) is 40.2 Å². The Labute approximate surface area is 146 Å². The summed E-state index contributed by atoms with van der Waals surface area (Å²) in [6.07, 6.45) is 1.71. The molecule has 1 fully saturated rings. The summed E-state index contributed by atoms with van der Waals surface area (Å²) in [6.45, 7) is 0. The molecule has 2 aromatic rings. The fourth-order valence-corrected chi connectivity index (χ4v) is 3.49. The Balaban J connectivity index is 1.97. The molecule has 0 spiro atoms. The Morgan fingerprint density at radius 2 is 1.91 bits per heavy atom. The zero-order chi connectivity index (χ0) is 16.4. The average Bonchev–Trinajstić information content (AvgIpc) is 2.81. The Morgan fingerprint density at radius 1 is 1.13 bits per heavy atom. The quantitative estimate of drug-likeness (QED) is 0.713. The van der Waals surface area contributed by atoms with Crippen LogP contribution >= 0.6 is 27.7 Å². The van der Waals surface area contributed by atoms with Crippen molar-refractivity contribution in [3.05, 3.63) is 63.5 Å². The molecule has 0 atom stereocenters. The molecule has 0 aromatic heterocycles. The summed E-state index contributed by atoms with van der Waals surface area (Å²) in [7, 11) is 1.51. The minimum absolute atomic E-state index is 0.333. The number of ether oxygens (including phenoxy) is 1. The molecule has 0 radical (unpaired) electrons. The lowest BCUT2D eigenvalue weighted by Gasteiger charge is -2.15. The van der Waals surface area contributed by atoms with E-state index in [0.717, 1.165) is 26.7 Å². The van der Waals surface area contributed by atoms with Crippen LogP contribution in [-0.4, -0.2) is 18.3 Å². The highest BCUT2D eigenvalue weighted by Gasteiger charge is 2.37. The summed E-state index contributed by atoms with van der Waals surface area (Å²) in [4.78, 5) is 26.4. The average molecular weight is 390 g/mol. The van der Waals surface area contributed by atoms with Crippen molar-refractivity contribution in [2.75, 3.05) is 12.0 Å². The Bertz CT molecular complexity index is 819. The summed E-state index contributed by atoms with van der Waals surface area (Å²) in [5, 5.41) is -0.333. The number of rotatable bonds is 3. The Morgan fingerprint density at radius 3 is 2.65 bits per heavy atom. The number of hydrogen-bond acceptors (Lipinski definition) is 4. The molecule has 0 saturated carbocycles. The van der Waals surface area contributed by atoms with Gasteiger partial charge in [-0.25, -0.2) is 4.90 Å². The molecule has 0 unspecified atom stereocenters. The monoisotopic (exact) mass is 389 g/mol. The minimum atomic E-state index is -0.343. The highest BCUT2D eigenvalue weighted by atomic mass is 79.9. The molecule has 0 bridgehead atoms. The first-order valence-corrected chi connectivity index (χ1v) is 8.37. The van der Waals surface area contributed by atoms with Gasteiger partial charge in [-0.2, -0.15) is 0 Å². The highest BCUT2D eigenvalue weighted by Crippen LogP contribution is 2.39. The van der Waals surface area contributed by atoms with E-state index in [0.29, 0.717) is 16.3 Å². The number of benzene rings is 2. The number of amides is 2. The second-order valence-corrected chi connectivity index (χ2v) is 6.65. The van der Waals surface area contributed by atoms with E-state index in [1.807, 2.05) is 24.3 Å². The number of anilines is 1. The van der Waals surface area contributed by atoms with Crippen LogP contribution in [0.5, 0.6) is 5.75 Å². The van der Waals surface area contributed by atoms with Gasteiger partial charge in [-0.15, -0.1) is 0 Å². The van der Waals surface area contributed by atoms with Crippen LogP contribution in [0.3, 0.4) is 0 Å². The van der Waals surface area contributed by atoms with Crippen LogP contribution in [0, 0.1) is 0 Å². The molecule has 0 N–H and O–H groups in total. The number of para-hydroxylation sites is 2. The number of imide groups is 1. The highest BCUT2D eigenvalue weighted by molar-refractivity contribution is 9.10. The normalized spacial score (nSPS) is 16.3. The maximum Gasteiger partial charge on any atom is 0.298 e. The minimum Gasteiger partial charge on any atom is -0.495 e. The summed E-state index contributed by atoms with van der Waals surface area (Å²) in [6, 6.07) is 14.5. The molecule has 6 heteroatoms. The van der Waals surface area contributed by atoms with Crippen molar-refractivity contribution in [2.45, 2.75) is 0 Å². The predicted octanol–water partition coefficient (Wildman–Crippen LogP) is 4.70. The van der Waals surface area contributed by atoms with Gasteiger partial charge in [0.15, 0.2) is 0 Å². The van der Waals surface area contributed by atoms with Crippen LogP contribution in [0.2, 0.25) is 0 Å². The van der Waals surface area contributed by atoms with Crippen LogP contribution in [0.25, 0.3) is 6.08 Å². The van der Waals surface area contributed by atoms with Crippen molar-refractivity contribution in [2.24, 2.45) is 0 Å². The van der Waals surface area contributed by atoms with Crippen molar-refractivity contribution in [1.29, 1.82) is 0 Å². The van der Waals surface area contributed by atoms with E-state index in [4.69, 9.17) is 4.74 Å².